The van der Waals surface area contributed by atoms with Crippen LogP contribution in [0.25, 0.3) is 78.1 Å². The van der Waals surface area contributed by atoms with Crippen LogP contribution in [0, 0.1) is 11.3 Å². The van der Waals surface area contributed by atoms with Gasteiger partial charge in [0, 0.05) is 32.9 Å². The van der Waals surface area contributed by atoms with Crippen LogP contribution in [-0.4, -0.2) is 9.97 Å². The van der Waals surface area contributed by atoms with Gasteiger partial charge < -0.3 is 4.42 Å². The Hall–Kier alpha value is -6.31. The summed E-state index contributed by atoms with van der Waals surface area (Å²) < 4.78 is 6.30. The maximum absolute atomic E-state index is 9.80. The van der Waals surface area contributed by atoms with Gasteiger partial charge in [0.15, 0.2) is 5.82 Å². The zero-order chi connectivity index (χ0) is 33.9. The minimum atomic E-state index is -0.0793. The predicted octanol–water partition coefficient (Wildman–Crippen LogP) is 12.1. The van der Waals surface area contributed by atoms with E-state index in [9.17, 15) is 5.26 Å². The van der Waals surface area contributed by atoms with Crippen molar-refractivity contribution in [1.29, 1.82) is 5.26 Å². The monoisotopic (exact) mass is 655 g/mol. The predicted molar refractivity (Wildman–Crippen MR) is 205 cm³/mol. The molecule has 0 radical (unpaired) electrons. The van der Waals surface area contributed by atoms with E-state index in [2.05, 4.69) is 115 Å². The van der Waals surface area contributed by atoms with Crippen molar-refractivity contribution in [2.45, 2.75) is 37.5 Å². The Morgan fingerprint density at radius 2 is 1.12 bits per heavy atom. The number of rotatable bonds is 4. The zero-order valence-corrected chi connectivity index (χ0v) is 28.1. The normalized spacial score (nSPS) is 14.4. The number of fused-ring (bicyclic) bond motifs is 8. The Bertz CT molecular complexity index is 2680. The van der Waals surface area contributed by atoms with E-state index in [4.69, 9.17) is 14.4 Å². The summed E-state index contributed by atoms with van der Waals surface area (Å²) in [5.74, 6) is 0.682. The number of hydrogen-bond donors (Lipinski definition) is 0. The third-order valence-corrected chi connectivity index (χ3v) is 11.1. The maximum atomic E-state index is 9.80. The summed E-state index contributed by atoms with van der Waals surface area (Å²) in [6.07, 6.45) is 5.81. The van der Waals surface area contributed by atoms with Crippen molar-refractivity contribution in [3.8, 4) is 62.2 Å². The summed E-state index contributed by atoms with van der Waals surface area (Å²) in [6.45, 7) is 0. The average molecular weight is 656 g/mol. The number of furan rings is 1. The number of nitrogens with zero attached hydrogens (tertiary/aromatic N) is 3. The quantitative estimate of drug-likeness (QED) is 0.189. The average Bonchev–Trinajstić information content (AvgIpc) is 3.70. The van der Waals surface area contributed by atoms with E-state index in [0.29, 0.717) is 5.82 Å². The van der Waals surface area contributed by atoms with Gasteiger partial charge in [-0.3, -0.25) is 0 Å². The molecule has 0 amide bonds. The van der Waals surface area contributed by atoms with Crippen molar-refractivity contribution < 1.29 is 4.42 Å². The van der Waals surface area contributed by atoms with Gasteiger partial charge in [0.2, 0.25) is 0 Å². The Morgan fingerprint density at radius 3 is 1.90 bits per heavy atom. The van der Waals surface area contributed by atoms with E-state index in [-0.39, 0.29) is 5.41 Å². The molecule has 1 saturated carbocycles. The van der Waals surface area contributed by atoms with E-state index < -0.39 is 0 Å². The lowest BCUT2D eigenvalue weighted by Gasteiger charge is -2.36. The molecule has 8 aromatic rings. The molecule has 0 bridgehead atoms. The van der Waals surface area contributed by atoms with Gasteiger partial charge in [-0.1, -0.05) is 116 Å². The number of para-hydroxylation sites is 1. The molecule has 2 heterocycles. The molecular weight excluding hydrogens is 623 g/mol. The van der Waals surface area contributed by atoms with E-state index >= 15 is 0 Å². The highest BCUT2D eigenvalue weighted by atomic mass is 16.3. The lowest BCUT2D eigenvalue weighted by Crippen LogP contribution is -2.28. The summed E-state index contributed by atoms with van der Waals surface area (Å²) >= 11 is 0. The van der Waals surface area contributed by atoms with Gasteiger partial charge in [-0.15, -0.1) is 0 Å². The molecule has 0 N–H and O–H groups in total. The highest BCUT2D eigenvalue weighted by Crippen LogP contribution is 2.56. The first-order valence-electron chi connectivity index (χ1n) is 17.8. The second-order valence-corrected chi connectivity index (χ2v) is 14.0. The van der Waals surface area contributed by atoms with Gasteiger partial charge in [0.1, 0.15) is 11.2 Å². The Kier molecular flexibility index (Phi) is 6.76. The molecule has 242 valence electrons. The third-order valence-electron chi connectivity index (χ3n) is 11.1. The molecule has 2 aromatic heterocycles. The molecule has 2 aliphatic carbocycles. The van der Waals surface area contributed by atoms with E-state index in [1.165, 1.54) is 47.1 Å². The maximum Gasteiger partial charge on any atom is 0.160 e. The Morgan fingerprint density at radius 1 is 0.510 bits per heavy atom. The second-order valence-electron chi connectivity index (χ2n) is 14.0. The molecule has 51 heavy (non-hydrogen) atoms. The summed E-state index contributed by atoms with van der Waals surface area (Å²) in [6, 6.07) is 51.2. The second kappa shape index (κ2) is 11.6. The Labute approximate surface area is 296 Å². The van der Waals surface area contributed by atoms with Gasteiger partial charge in [-0.05, 0) is 88.7 Å². The standard InChI is InChI=1S/C47H33N3O/c48-29-30-13-20-36-37-21-18-34(26-41(37)47(40(36)25-30)23-7-2-8-24-47)42-28-43(35-19-22-39-38-11-5-6-12-44(38)51-45(39)27-35)50-46(49-42)33-16-14-32(15-17-33)31-9-3-1-4-10-31/h1,3-6,9-22,25-28H,2,7-8,23-24H2. The van der Waals surface area contributed by atoms with Crippen molar-refractivity contribution >= 4 is 21.9 Å². The molecule has 0 atom stereocenters. The smallest absolute Gasteiger partial charge is 0.160 e. The first-order valence-corrected chi connectivity index (χ1v) is 17.8. The molecule has 2 aliphatic rings. The fourth-order valence-corrected chi connectivity index (χ4v) is 8.62. The topological polar surface area (TPSA) is 62.7 Å². The highest BCUT2D eigenvalue weighted by Gasteiger charge is 2.44. The number of hydrogen-bond acceptors (Lipinski definition) is 4. The molecule has 6 aromatic carbocycles. The number of benzene rings is 6. The summed E-state index contributed by atoms with van der Waals surface area (Å²) in [4.78, 5) is 10.4. The Balaban J connectivity index is 1.14. The van der Waals surface area contributed by atoms with Crippen LogP contribution < -0.4 is 0 Å². The SMILES string of the molecule is N#Cc1ccc2c(c1)C1(CCCCC1)c1cc(-c3cc(-c4ccc5c(c4)oc4ccccc45)nc(-c4ccc(-c5ccccc5)cc4)n3)ccc1-2. The van der Waals surface area contributed by atoms with E-state index in [1.54, 1.807) is 0 Å². The van der Waals surface area contributed by atoms with Crippen LogP contribution in [0.15, 0.2) is 144 Å². The number of nitriles is 1. The van der Waals surface area contributed by atoms with Crippen LogP contribution in [0.2, 0.25) is 0 Å². The van der Waals surface area contributed by atoms with Gasteiger partial charge in [0.05, 0.1) is 23.0 Å². The zero-order valence-electron chi connectivity index (χ0n) is 28.1. The summed E-state index contributed by atoms with van der Waals surface area (Å²) in [7, 11) is 0. The molecule has 1 fully saturated rings. The van der Waals surface area contributed by atoms with E-state index in [0.717, 1.165) is 74.0 Å². The lowest BCUT2D eigenvalue weighted by atomic mass is 9.67. The molecule has 4 heteroatoms. The molecule has 4 nitrogen and oxygen atoms in total. The van der Waals surface area contributed by atoms with Crippen molar-refractivity contribution in [1.82, 2.24) is 9.97 Å². The van der Waals surface area contributed by atoms with Gasteiger partial charge in [-0.25, -0.2) is 9.97 Å². The van der Waals surface area contributed by atoms with Crippen LogP contribution in [0.3, 0.4) is 0 Å². The summed E-state index contributed by atoms with van der Waals surface area (Å²) in [5, 5.41) is 12.0. The first-order chi connectivity index (χ1) is 25.2. The summed E-state index contributed by atoms with van der Waals surface area (Å²) in [5.41, 5.74) is 14.7. The van der Waals surface area contributed by atoms with Crippen molar-refractivity contribution in [3.05, 3.63) is 156 Å². The molecular formula is C47H33N3O. The molecule has 0 unspecified atom stereocenters. The van der Waals surface area contributed by atoms with Crippen molar-refractivity contribution in [3.63, 3.8) is 0 Å². The lowest BCUT2D eigenvalue weighted by molar-refractivity contribution is 0.353. The minimum Gasteiger partial charge on any atom is -0.456 e. The number of aromatic nitrogens is 2. The fraction of sp³-hybridized carbons (Fsp3) is 0.128. The van der Waals surface area contributed by atoms with Gasteiger partial charge in [-0.2, -0.15) is 5.26 Å². The van der Waals surface area contributed by atoms with Crippen LogP contribution in [0.1, 0.15) is 48.8 Å². The van der Waals surface area contributed by atoms with Crippen LogP contribution in [-0.2, 0) is 5.41 Å². The van der Waals surface area contributed by atoms with E-state index in [1.807, 2.05) is 30.3 Å². The van der Waals surface area contributed by atoms with Gasteiger partial charge in [0.25, 0.3) is 0 Å². The fourth-order valence-electron chi connectivity index (χ4n) is 8.62. The molecule has 0 saturated heterocycles. The van der Waals surface area contributed by atoms with Crippen molar-refractivity contribution in [2.24, 2.45) is 0 Å². The molecule has 1 spiro atoms. The third kappa shape index (κ3) is 4.81. The highest BCUT2D eigenvalue weighted by molar-refractivity contribution is 6.05. The largest absolute Gasteiger partial charge is 0.456 e. The molecule has 10 rings (SSSR count). The van der Waals surface area contributed by atoms with Crippen LogP contribution >= 0.6 is 0 Å². The van der Waals surface area contributed by atoms with Crippen LogP contribution in [0.5, 0.6) is 0 Å². The first kappa shape index (κ1) is 29.6. The minimum absolute atomic E-state index is 0.0793. The molecule has 0 aliphatic heterocycles. The van der Waals surface area contributed by atoms with Crippen LogP contribution in [0.4, 0.5) is 0 Å². The van der Waals surface area contributed by atoms with Crippen molar-refractivity contribution in [2.75, 3.05) is 0 Å². The van der Waals surface area contributed by atoms with Gasteiger partial charge >= 0.3 is 0 Å².